The highest BCUT2D eigenvalue weighted by atomic mass is 32.1. The fraction of sp³-hybridized carbons (Fsp3) is 0.364. The minimum absolute atomic E-state index is 0.571. The molecule has 0 N–H and O–H groups in total. The zero-order valence-corrected chi connectivity index (χ0v) is 10.3. The van der Waals surface area contributed by atoms with E-state index in [4.69, 9.17) is 0 Å². The average Bonchev–Trinajstić information content (AvgIpc) is 2.86. The van der Waals surface area contributed by atoms with Crippen molar-refractivity contribution < 1.29 is 0 Å². The van der Waals surface area contributed by atoms with Gasteiger partial charge < -0.3 is 4.57 Å². The predicted octanol–water partition coefficient (Wildman–Crippen LogP) is 3.18. The van der Waals surface area contributed by atoms with E-state index in [1.807, 2.05) is 12.4 Å². The number of aromatic nitrogens is 2. The number of hydrogen-bond donors (Lipinski definition) is 1. The highest BCUT2D eigenvalue weighted by Gasteiger charge is 2.08. The van der Waals surface area contributed by atoms with Gasteiger partial charge in [-0.15, -0.1) is 11.3 Å². The molecule has 0 saturated heterocycles. The van der Waals surface area contributed by atoms with Crippen LogP contribution >= 0.6 is 24.0 Å². The molecule has 2 nitrogen and oxygen atoms in total. The Bertz CT molecular complexity index is 406. The van der Waals surface area contributed by atoms with Crippen LogP contribution in [0.4, 0.5) is 0 Å². The summed E-state index contributed by atoms with van der Waals surface area (Å²) in [6, 6.07) is 4.16. The van der Waals surface area contributed by atoms with Gasteiger partial charge in [-0.1, -0.05) is 13.0 Å². The summed E-state index contributed by atoms with van der Waals surface area (Å²) in [5.74, 6) is 2.54. The Balaban J connectivity index is 2.23. The summed E-state index contributed by atoms with van der Waals surface area (Å²) in [5.41, 5.74) is 0. The zero-order chi connectivity index (χ0) is 10.7. The lowest BCUT2D eigenvalue weighted by Gasteiger charge is -2.11. The largest absolute Gasteiger partial charge is 0.330 e. The molecule has 2 aromatic rings. The van der Waals surface area contributed by atoms with Gasteiger partial charge in [0.2, 0.25) is 0 Å². The van der Waals surface area contributed by atoms with Gasteiger partial charge >= 0.3 is 0 Å². The molecule has 0 aliphatic heterocycles. The van der Waals surface area contributed by atoms with Gasteiger partial charge in [0.15, 0.2) is 0 Å². The number of thiol groups is 1. The van der Waals surface area contributed by atoms with Crippen molar-refractivity contribution in [2.75, 3.05) is 5.75 Å². The van der Waals surface area contributed by atoms with Crippen LogP contribution in [0, 0.1) is 5.92 Å². The van der Waals surface area contributed by atoms with Gasteiger partial charge in [-0.25, -0.2) is 4.98 Å². The molecule has 0 saturated carbocycles. The Hall–Kier alpha value is -0.740. The van der Waals surface area contributed by atoms with Gasteiger partial charge in [-0.3, -0.25) is 0 Å². The summed E-state index contributed by atoms with van der Waals surface area (Å²) in [7, 11) is 0. The number of imidazole rings is 1. The second kappa shape index (κ2) is 4.86. The smallest absolute Gasteiger partial charge is 0.149 e. The van der Waals surface area contributed by atoms with Crippen molar-refractivity contribution in [3.05, 3.63) is 29.9 Å². The quantitative estimate of drug-likeness (QED) is 0.810. The molecule has 0 fully saturated rings. The van der Waals surface area contributed by atoms with Crippen LogP contribution in [0.5, 0.6) is 0 Å². The third-order valence-electron chi connectivity index (χ3n) is 2.28. The number of rotatable bonds is 4. The van der Waals surface area contributed by atoms with Gasteiger partial charge in [0.25, 0.3) is 0 Å². The first-order valence-electron chi connectivity index (χ1n) is 4.97. The van der Waals surface area contributed by atoms with Crippen LogP contribution in [-0.2, 0) is 6.54 Å². The average molecular weight is 238 g/mol. The van der Waals surface area contributed by atoms with Gasteiger partial charge in [0.05, 0.1) is 4.88 Å². The summed E-state index contributed by atoms with van der Waals surface area (Å²) in [6.45, 7) is 3.18. The van der Waals surface area contributed by atoms with Crippen molar-refractivity contribution >= 4 is 24.0 Å². The predicted molar refractivity (Wildman–Crippen MR) is 68.6 cm³/mol. The SMILES string of the molecule is CC(CS)Cn1ccnc1-c1cccs1. The Morgan fingerprint density at radius 1 is 1.60 bits per heavy atom. The molecular weight excluding hydrogens is 224 g/mol. The summed E-state index contributed by atoms with van der Waals surface area (Å²) in [4.78, 5) is 5.62. The highest BCUT2D eigenvalue weighted by Crippen LogP contribution is 2.23. The Kier molecular flexibility index (Phi) is 3.49. The van der Waals surface area contributed by atoms with E-state index in [9.17, 15) is 0 Å². The molecule has 2 heterocycles. The van der Waals surface area contributed by atoms with Crippen molar-refractivity contribution in [1.82, 2.24) is 9.55 Å². The van der Waals surface area contributed by atoms with Crippen LogP contribution in [0.1, 0.15) is 6.92 Å². The standard InChI is InChI=1S/C11H14N2S2/c1-9(8-14)7-13-5-4-12-11(13)10-3-2-6-15-10/h2-6,9,14H,7-8H2,1H3. The van der Waals surface area contributed by atoms with Crippen molar-refractivity contribution in [2.24, 2.45) is 5.92 Å². The fourth-order valence-electron chi connectivity index (χ4n) is 1.48. The summed E-state index contributed by atoms with van der Waals surface area (Å²) in [5, 5.41) is 2.08. The van der Waals surface area contributed by atoms with E-state index in [-0.39, 0.29) is 0 Å². The molecule has 0 radical (unpaired) electrons. The lowest BCUT2D eigenvalue weighted by Crippen LogP contribution is -2.08. The van der Waals surface area contributed by atoms with E-state index in [1.165, 1.54) is 4.88 Å². The molecular formula is C11H14N2S2. The van der Waals surface area contributed by atoms with Gasteiger partial charge in [-0.2, -0.15) is 12.6 Å². The second-order valence-corrected chi connectivity index (χ2v) is 4.98. The number of hydrogen-bond acceptors (Lipinski definition) is 3. The molecule has 0 aliphatic rings. The first kappa shape index (κ1) is 10.8. The van der Waals surface area contributed by atoms with Crippen molar-refractivity contribution in [3.8, 4) is 10.7 Å². The monoisotopic (exact) mass is 238 g/mol. The van der Waals surface area contributed by atoms with E-state index >= 15 is 0 Å². The van der Waals surface area contributed by atoms with E-state index in [0.29, 0.717) is 5.92 Å². The third kappa shape index (κ3) is 2.44. The lowest BCUT2D eigenvalue weighted by molar-refractivity contribution is 0.536. The topological polar surface area (TPSA) is 17.8 Å². The maximum Gasteiger partial charge on any atom is 0.149 e. The molecule has 1 atom stereocenters. The minimum Gasteiger partial charge on any atom is -0.330 e. The van der Waals surface area contributed by atoms with E-state index < -0.39 is 0 Å². The van der Waals surface area contributed by atoms with Crippen LogP contribution < -0.4 is 0 Å². The molecule has 0 bridgehead atoms. The first-order chi connectivity index (χ1) is 7.31. The molecule has 0 spiro atoms. The van der Waals surface area contributed by atoms with Crippen LogP contribution in [0.15, 0.2) is 29.9 Å². The molecule has 0 aliphatic carbocycles. The summed E-state index contributed by atoms with van der Waals surface area (Å²) in [6.07, 6.45) is 3.90. The van der Waals surface area contributed by atoms with Crippen molar-refractivity contribution in [3.63, 3.8) is 0 Å². The van der Waals surface area contributed by atoms with Crippen LogP contribution in [0.3, 0.4) is 0 Å². The molecule has 0 aromatic carbocycles. The normalized spacial score (nSPS) is 12.9. The van der Waals surface area contributed by atoms with E-state index in [2.05, 4.69) is 46.6 Å². The summed E-state index contributed by atoms with van der Waals surface area (Å²) >= 11 is 6.03. The zero-order valence-electron chi connectivity index (χ0n) is 8.63. The second-order valence-electron chi connectivity index (χ2n) is 3.67. The van der Waals surface area contributed by atoms with Crippen molar-refractivity contribution in [1.29, 1.82) is 0 Å². The van der Waals surface area contributed by atoms with E-state index in [0.717, 1.165) is 18.1 Å². The minimum atomic E-state index is 0.571. The van der Waals surface area contributed by atoms with E-state index in [1.54, 1.807) is 11.3 Å². The molecule has 2 aromatic heterocycles. The molecule has 80 valence electrons. The van der Waals surface area contributed by atoms with Gasteiger partial charge in [-0.05, 0) is 23.1 Å². The highest BCUT2D eigenvalue weighted by molar-refractivity contribution is 7.80. The van der Waals surface area contributed by atoms with Gasteiger partial charge in [0.1, 0.15) is 5.82 Å². The molecule has 2 rings (SSSR count). The Morgan fingerprint density at radius 3 is 3.13 bits per heavy atom. The molecule has 1 unspecified atom stereocenters. The number of nitrogens with zero attached hydrogens (tertiary/aromatic N) is 2. The van der Waals surface area contributed by atoms with Crippen LogP contribution in [0.2, 0.25) is 0 Å². The first-order valence-corrected chi connectivity index (χ1v) is 6.48. The lowest BCUT2D eigenvalue weighted by atomic mass is 10.2. The molecule has 15 heavy (non-hydrogen) atoms. The summed E-state index contributed by atoms with van der Waals surface area (Å²) < 4.78 is 2.20. The Labute approximate surface area is 99.4 Å². The molecule has 4 heteroatoms. The maximum atomic E-state index is 4.39. The number of thiophene rings is 1. The van der Waals surface area contributed by atoms with Crippen molar-refractivity contribution in [2.45, 2.75) is 13.5 Å². The van der Waals surface area contributed by atoms with Crippen LogP contribution in [0.25, 0.3) is 10.7 Å². The third-order valence-corrected chi connectivity index (χ3v) is 3.77. The maximum absolute atomic E-state index is 4.39. The molecule has 0 amide bonds. The van der Waals surface area contributed by atoms with Crippen LogP contribution in [-0.4, -0.2) is 15.3 Å². The van der Waals surface area contributed by atoms with Gasteiger partial charge in [0, 0.05) is 18.9 Å². The Morgan fingerprint density at radius 2 is 2.47 bits per heavy atom. The fourth-order valence-corrected chi connectivity index (χ4v) is 2.33.